The number of nitrogens with two attached hydrogens (primary N) is 1. The number of likely N-dealkylation sites (tertiary alicyclic amines) is 1. The lowest BCUT2D eigenvalue weighted by Crippen LogP contribution is -2.52. The van der Waals surface area contributed by atoms with Crippen LogP contribution in [0, 0.1) is 0 Å². The van der Waals surface area contributed by atoms with Crippen LogP contribution in [0.1, 0.15) is 12.8 Å². The van der Waals surface area contributed by atoms with Crippen LogP contribution in [0.2, 0.25) is 0 Å². The van der Waals surface area contributed by atoms with Crippen LogP contribution in [-0.4, -0.2) is 44.3 Å². The normalized spacial score (nSPS) is 25.4. The SMILES string of the molecule is COCC1(N)CCN(C)CC1. The Bertz CT molecular complexity index is 119. The van der Waals surface area contributed by atoms with E-state index in [0.29, 0.717) is 6.61 Å². The zero-order valence-electron chi connectivity index (χ0n) is 7.47. The first-order chi connectivity index (χ1) is 5.16. The minimum Gasteiger partial charge on any atom is -0.383 e. The van der Waals surface area contributed by atoms with Crippen molar-refractivity contribution in [3.8, 4) is 0 Å². The predicted octanol–water partition coefficient (Wildman–Crippen LogP) is 0.0559. The highest BCUT2D eigenvalue weighted by Crippen LogP contribution is 2.18. The summed E-state index contributed by atoms with van der Waals surface area (Å²) < 4.78 is 5.08. The molecule has 66 valence electrons. The number of piperidine rings is 1. The summed E-state index contributed by atoms with van der Waals surface area (Å²) in [5, 5.41) is 0. The molecule has 0 atom stereocenters. The molecule has 1 aliphatic rings. The lowest BCUT2D eigenvalue weighted by atomic mass is 9.90. The first kappa shape index (κ1) is 8.97. The molecule has 0 aliphatic carbocycles. The van der Waals surface area contributed by atoms with Gasteiger partial charge in [0.05, 0.1) is 6.61 Å². The van der Waals surface area contributed by atoms with E-state index in [1.54, 1.807) is 7.11 Å². The minimum absolute atomic E-state index is 0.0543. The Labute approximate surface area is 68.5 Å². The van der Waals surface area contributed by atoms with Crippen LogP contribution in [0.15, 0.2) is 0 Å². The molecule has 1 saturated heterocycles. The summed E-state index contributed by atoms with van der Waals surface area (Å²) >= 11 is 0. The summed E-state index contributed by atoms with van der Waals surface area (Å²) in [5.41, 5.74) is 6.03. The van der Waals surface area contributed by atoms with E-state index in [4.69, 9.17) is 10.5 Å². The lowest BCUT2D eigenvalue weighted by Gasteiger charge is -2.36. The molecule has 0 aromatic heterocycles. The quantitative estimate of drug-likeness (QED) is 0.617. The molecule has 11 heavy (non-hydrogen) atoms. The Hall–Kier alpha value is -0.120. The predicted molar refractivity (Wildman–Crippen MR) is 45.5 cm³/mol. The van der Waals surface area contributed by atoms with Gasteiger partial charge in [0, 0.05) is 12.6 Å². The van der Waals surface area contributed by atoms with Gasteiger partial charge in [-0.3, -0.25) is 0 Å². The molecule has 0 amide bonds. The standard InChI is InChI=1S/C8H18N2O/c1-10-5-3-8(9,4-6-10)7-11-2/h3-7,9H2,1-2H3. The maximum absolute atomic E-state index is 6.08. The van der Waals surface area contributed by atoms with Gasteiger partial charge in [0.15, 0.2) is 0 Å². The summed E-state index contributed by atoms with van der Waals surface area (Å²) in [5.74, 6) is 0. The number of ether oxygens (including phenoxy) is 1. The maximum atomic E-state index is 6.08. The summed E-state index contributed by atoms with van der Waals surface area (Å²) in [6.07, 6.45) is 2.11. The van der Waals surface area contributed by atoms with Crippen molar-refractivity contribution in [2.75, 3.05) is 33.9 Å². The monoisotopic (exact) mass is 158 g/mol. The summed E-state index contributed by atoms with van der Waals surface area (Å²) in [6.45, 7) is 2.89. The molecule has 2 N–H and O–H groups in total. The molecule has 0 aromatic carbocycles. The van der Waals surface area contributed by atoms with E-state index in [2.05, 4.69) is 11.9 Å². The van der Waals surface area contributed by atoms with Crippen molar-refractivity contribution in [2.45, 2.75) is 18.4 Å². The molecule has 0 aromatic rings. The molecule has 0 spiro atoms. The molecule has 1 rings (SSSR count). The van der Waals surface area contributed by atoms with Crippen molar-refractivity contribution in [3.63, 3.8) is 0 Å². The van der Waals surface area contributed by atoms with Crippen LogP contribution >= 0.6 is 0 Å². The Balaban J connectivity index is 2.35. The third-order valence-corrected chi connectivity index (χ3v) is 2.41. The molecule has 0 radical (unpaired) electrons. The third kappa shape index (κ3) is 2.43. The lowest BCUT2D eigenvalue weighted by molar-refractivity contribution is 0.0857. The van der Waals surface area contributed by atoms with Gasteiger partial charge in [-0.25, -0.2) is 0 Å². The summed E-state index contributed by atoms with van der Waals surface area (Å²) in [6, 6.07) is 0. The van der Waals surface area contributed by atoms with E-state index in [-0.39, 0.29) is 5.54 Å². The number of methoxy groups -OCH3 is 1. The van der Waals surface area contributed by atoms with Crippen LogP contribution in [0.3, 0.4) is 0 Å². The van der Waals surface area contributed by atoms with E-state index in [0.717, 1.165) is 25.9 Å². The second kappa shape index (κ2) is 3.52. The van der Waals surface area contributed by atoms with Crippen molar-refractivity contribution in [2.24, 2.45) is 5.73 Å². The molecule has 1 fully saturated rings. The number of hydrogen-bond acceptors (Lipinski definition) is 3. The van der Waals surface area contributed by atoms with Gasteiger partial charge in [-0.15, -0.1) is 0 Å². The van der Waals surface area contributed by atoms with E-state index in [1.165, 1.54) is 0 Å². The van der Waals surface area contributed by atoms with Crippen LogP contribution < -0.4 is 5.73 Å². The van der Waals surface area contributed by atoms with E-state index >= 15 is 0 Å². The second-order valence-corrected chi connectivity index (χ2v) is 3.60. The Morgan fingerprint density at radius 3 is 2.45 bits per heavy atom. The van der Waals surface area contributed by atoms with Crippen molar-refractivity contribution in [1.29, 1.82) is 0 Å². The largest absolute Gasteiger partial charge is 0.383 e. The first-order valence-corrected chi connectivity index (χ1v) is 4.13. The fourth-order valence-electron chi connectivity index (χ4n) is 1.50. The summed E-state index contributed by atoms with van der Waals surface area (Å²) in [7, 11) is 3.85. The van der Waals surface area contributed by atoms with Gasteiger partial charge in [-0.1, -0.05) is 0 Å². The van der Waals surface area contributed by atoms with Gasteiger partial charge >= 0.3 is 0 Å². The van der Waals surface area contributed by atoms with Gasteiger partial charge in [0.2, 0.25) is 0 Å². The van der Waals surface area contributed by atoms with E-state index in [1.807, 2.05) is 0 Å². The molecule has 3 nitrogen and oxygen atoms in total. The van der Waals surface area contributed by atoms with Crippen molar-refractivity contribution in [1.82, 2.24) is 4.90 Å². The highest BCUT2D eigenvalue weighted by atomic mass is 16.5. The molecule has 3 heteroatoms. The highest BCUT2D eigenvalue weighted by molar-refractivity contribution is 4.89. The minimum atomic E-state index is -0.0543. The molecule has 0 unspecified atom stereocenters. The van der Waals surface area contributed by atoms with Crippen molar-refractivity contribution in [3.05, 3.63) is 0 Å². The smallest absolute Gasteiger partial charge is 0.0643 e. The van der Waals surface area contributed by atoms with E-state index < -0.39 is 0 Å². The van der Waals surface area contributed by atoms with Crippen LogP contribution in [-0.2, 0) is 4.74 Å². The van der Waals surface area contributed by atoms with Crippen molar-refractivity contribution < 1.29 is 4.74 Å². The second-order valence-electron chi connectivity index (χ2n) is 3.60. The fraction of sp³-hybridized carbons (Fsp3) is 1.00. The number of hydrogen-bond donors (Lipinski definition) is 1. The van der Waals surface area contributed by atoms with Crippen molar-refractivity contribution >= 4 is 0 Å². The molecule has 0 bridgehead atoms. The van der Waals surface area contributed by atoms with Crippen LogP contribution in [0.5, 0.6) is 0 Å². The van der Waals surface area contributed by atoms with Gasteiger partial charge in [-0.2, -0.15) is 0 Å². The zero-order chi connectivity index (χ0) is 8.32. The average Bonchev–Trinajstić information content (AvgIpc) is 1.97. The number of nitrogens with zero attached hydrogens (tertiary/aromatic N) is 1. The number of rotatable bonds is 2. The molecule has 0 saturated carbocycles. The van der Waals surface area contributed by atoms with E-state index in [9.17, 15) is 0 Å². The van der Waals surface area contributed by atoms with Gasteiger partial charge in [0.1, 0.15) is 0 Å². The average molecular weight is 158 g/mol. The van der Waals surface area contributed by atoms with Gasteiger partial charge < -0.3 is 15.4 Å². The molecule has 1 aliphatic heterocycles. The topological polar surface area (TPSA) is 38.5 Å². The Kier molecular flexibility index (Phi) is 2.87. The molecular formula is C8H18N2O. The molecule has 1 heterocycles. The van der Waals surface area contributed by atoms with Crippen LogP contribution in [0.4, 0.5) is 0 Å². The third-order valence-electron chi connectivity index (χ3n) is 2.41. The first-order valence-electron chi connectivity index (χ1n) is 4.13. The Morgan fingerprint density at radius 2 is 2.00 bits per heavy atom. The molecular weight excluding hydrogens is 140 g/mol. The Morgan fingerprint density at radius 1 is 1.45 bits per heavy atom. The van der Waals surface area contributed by atoms with Gasteiger partial charge in [0.25, 0.3) is 0 Å². The fourth-order valence-corrected chi connectivity index (χ4v) is 1.50. The van der Waals surface area contributed by atoms with Crippen LogP contribution in [0.25, 0.3) is 0 Å². The highest BCUT2D eigenvalue weighted by Gasteiger charge is 2.28. The maximum Gasteiger partial charge on any atom is 0.0643 e. The summed E-state index contributed by atoms with van der Waals surface area (Å²) in [4.78, 5) is 2.31. The zero-order valence-corrected chi connectivity index (χ0v) is 7.47. The van der Waals surface area contributed by atoms with Gasteiger partial charge in [-0.05, 0) is 33.0 Å².